The van der Waals surface area contributed by atoms with Crippen LogP contribution in [-0.2, 0) is 4.79 Å². The van der Waals surface area contributed by atoms with Crippen molar-refractivity contribution in [3.8, 4) is 22.1 Å². The van der Waals surface area contributed by atoms with Gasteiger partial charge in [-0.25, -0.2) is 4.98 Å². The molecule has 120 valence electrons. The Hall–Kier alpha value is -2.61. The van der Waals surface area contributed by atoms with Crippen molar-refractivity contribution in [2.24, 2.45) is 0 Å². The van der Waals surface area contributed by atoms with Gasteiger partial charge in [-0.15, -0.1) is 11.3 Å². The second-order valence-electron chi connectivity index (χ2n) is 4.93. The van der Waals surface area contributed by atoms with Crippen molar-refractivity contribution in [2.75, 3.05) is 13.2 Å². The molecule has 7 nitrogen and oxygen atoms in total. The van der Waals surface area contributed by atoms with E-state index in [1.807, 2.05) is 12.1 Å². The van der Waals surface area contributed by atoms with Gasteiger partial charge < -0.3 is 19.9 Å². The van der Waals surface area contributed by atoms with Crippen LogP contribution in [0.1, 0.15) is 17.4 Å². The Labute approximate surface area is 135 Å². The molecule has 1 aliphatic heterocycles. The van der Waals surface area contributed by atoms with Crippen LogP contribution in [0.3, 0.4) is 0 Å². The first-order valence-corrected chi connectivity index (χ1v) is 7.82. The normalized spacial score (nSPS) is 14.1. The highest BCUT2D eigenvalue weighted by atomic mass is 32.1. The minimum atomic E-state index is -1.10. The number of nitrogens with one attached hydrogen (secondary N) is 1. The maximum absolute atomic E-state index is 12.0. The number of fused-ring (bicyclic) bond motifs is 1. The predicted molar refractivity (Wildman–Crippen MR) is 83.1 cm³/mol. The summed E-state index contributed by atoms with van der Waals surface area (Å²) in [6.45, 7) is 2.42. The van der Waals surface area contributed by atoms with Crippen molar-refractivity contribution in [3.05, 3.63) is 29.3 Å². The Morgan fingerprint density at radius 3 is 2.78 bits per heavy atom. The number of carbonyl (C=O) groups excluding carboxylic acids is 1. The lowest BCUT2D eigenvalue weighted by molar-refractivity contribution is -0.138. The maximum Gasteiger partial charge on any atom is 0.325 e. The van der Waals surface area contributed by atoms with Crippen molar-refractivity contribution in [1.82, 2.24) is 10.3 Å². The fourth-order valence-electron chi connectivity index (χ4n) is 2.02. The third-order valence-corrected chi connectivity index (χ3v) is 4.14. The zero-order chi connectivity index (χ0) is 16.4. The van der Waals surface area contributed by atoms with E-state index in [4.69, 9.17) is 14.6 Å². The summed E-state index contributed by atoms with van der Waals surface area (Å²) in [5.74, 6) is -0.278. The van der Waals surface area contributed by atoms with Gasteiger partial charge in [-0.3, -0.25) is 9.59 Å². The standard InChI is InChI=1S/C15H14N2O5S/c1-8(15(19)20)16-13(18)10-7-23-14(17-10)9-2-3-11-12(6-9)22-5-4-21-11/h2-3,6-8H,4-5H2,1H3,(H,16,18)(H,19,20). The zero-order valence-corrected chi connectivity index (χ0v) is 13.1. The molecule has 1 amide bonds. The second kappa shape index (κ2) is 6.25. The van der Waals surface area contributed by atoms with Crippen LogP contribution in [0.4, 0.5) is 0 Å². The topological polar surface area (TPSA) is 97.8 Å². The highest BCUT2D eigenvalue weighted by molar-refractivity contribution is 7.13. The summed E-state index contributed by atoms with van der Waals surface area (Å²) in [6.07, 6.45) is 0. The molecule has 23 heavy (non-hydrogen) atoms. The molecule has 2 aromatic rings. The first-order valence-electron chi connectivity index (χ1n) is 6.94. The van der Waals surface area contributed by atoms with Gasteiger partial charge >= 0.3 is 5.97 Å². The van der Waals surface area contributed by atoms with E-state index in [9.17, 15) is 9.59 Å². The quantitative estimate of drug-likeness (QED) is 0.884. The molecule has 0 aliphatic carbocycles. The number of carbonyl (C=O) groups is 2. The predicted octanol–water partition coefficient (Wildman–Crippen LogP) is 1.78. The van der Waals surface area contributed by atoms with Gasteiger partial charge in [-0.2, -0.15) is 0 Å². The molecule has 1 aromatic carbocycles. The number of amides is 1. The number of hydrogen-bond donors (Lipinski definition) is 2. The fourth-order valence-corrected chi connectivity index (χ4v) is 2.82. The number of carboxylic acids is 1. The molecular weight excluding hydrogens is 320 g/mol. The largest absolute Gasteiger partial charge is 0.486 e. The van der Waals surface area contributed by atoms with Crippen LogP contribution in [0.25, 0.3) is 10.6 Å². The molecule has 2 heterocycles. The summed E-state index contributed by atoms with van der Waals surface area (Å²) in [4.78, 5) is 27.0. The first-order chi connectivity index (χ1) is 11.0. The molecular formula is C15H14N2O5S. The molecule has 8 heteroatoms. The highest BCUT2D eigenvalue weighted by Gasteiger charge is 2.19. The van der Waals surface area contributed by atoms with Crippen molar-refractivity contribution >= 4 is 23.2 Å². The minimum Gasteiger partial charge on any atom is -0.486 e. The van der Waals surface area contributed by atoms with Crippen LogP contribution in [0.2, 0.25) is 0 Å². The van der Waals surface area contributed by atoms with Crippen LogP contribution in [-0.4, -0.2) is 41.2 Å². The van der Waals surface area contributed by atoms with Crippen LogP contribution in [0.5, 0.6) is 11.5 Å². The smallest absolute Gasteiger partial charge is 0.325 e. The number of ether oxygens (including phenoxy) is 2. The number of thiazole rings is 1. The highest BCUT2D eigenvalue weighted by Crippen LogP contribution is 2.35. The van der Waals surface area contributed by atoms with E-state index in [-0.39, 0.29) is 5.69 Å². The van der Waals surface area contributed by atoms with E-state index >= 15 is 0 Å². The summed E-state index contributed by atoms with van der Waals surface area (Å²) < 4.78 is 11.0. The summed E-state index contributed by atoms with van der Waals surface area (Å²) in [6, 6.07) is 4.49. The molecule has 3 rings (SSSR count). The average molecular weight is 334 g/mol. The van der Waals surface area contributed by atoms with E-state index in [1.165, 1.54) is 18.3 Å². The van der Waals surface area contributed by atoms with E-state index in [0.717, 1.165) is 5.56 Å². The van der Waals surface area contributed by atoms with E-state index in [0.29, 0.717) is 29.7 Å². The molecule has 0 bridgehead atoms. The average Bonchev–Trinajstić information content (AvgIpc) is 3.04. The van der Waals surface area contributed by atoms with Crippen molar-refractivity contribution in [3.63, 3.8) is 0 Å². The molecule has 1 aromatic heterocycles. The fraction of sp³-hybridized carbons (Fsp3) is 0.267. The van der Waals surface area contributed by atoms with Gasteiger partial charge in [0, 0.05) is 10.9 Å². The van der Waals surface area contributed by atoms with Gasteiger partial charge in [-0.05, 0) is 25.1 Å². The Morgan fingerprint density at radius 2 is 2.04 bits per heavy atom. The van der Waals surface area contributed by atoms with Gasteiger partial charge in [0.2, 0.25) is 0 Å². The number of benzene rings is 1. The molecule has 2 N–H and O–H groups in total. The van der Waals surface area contributed by atoms with Crippen LogP contribution < -0.4 is 14.8 Å². The Balaban J connectivity index is 1.79. The summed E-state index contributed by atoms with van der Waals surface area (Å²) in [5.41, 5.74) is 0.998. The first kappa shape index (κ1) is 15.3. The molecule has 0 radical (unpaired) electrons. The van der Waals surface area contributed by atoms with Crippen LogP contribution in [0.15, 0.2) is 23.6 Å². The number of aromatic nitrogens is 1. The van der Waals surface area contributed by atoms with Crippen molar-refractivity contribution < 1.29 is 24.2 Å². The van der Waals surface area contributed by atoms with Gasteiger partial charge in [0.1, 0.15) is 30.0 Å². The third-order valence-electron chi connectivity index (χ3n) is 3.24. The molecule has 0 saturated heterocycles. The van der Waals surface area contributed by atoms with Crippen LogP contribution in [0, 0.1) is 0 Å². The molecule has 1 aliphatic rings. The van der Waals surface area contributed by atoms with Crippen molar-refractivity contribution in [2.45, 2.75) is 13.0 Å². The summed E-state index contributed by atoms with van der Waals surface area (Å²) in [7, 11) is 0. The Kier molecular flexibility index (Phi) is 4.16. The number of aliphatic carboxylic acids is 1. The molecule has 1 atom stereocenters. The van der Waals surface area contributed by atoms with E-state index in [1.54, 1.807) is 11.4 Å². The summed E-state index contributed by atoms with van der Waals surface area (Å²) in [5, 5.41) is 13.4. The maximum atomic E-state index is 12.0. The monoisotopic (exact) mass is 334 g/mol. The van der Waals surface area contributed by atoms with Gasteiger partial charge in [0.05, 0.1) is 0 Å². The number of carboxylic acid groups (broad SMARTS) is 1. The molecule has 1 unspecified atom stereocenters. The number of rotatable bonds is 4. The van der Waals surface area contributed by atoms with Gasteiger partial charge in [-0.1, -0.05) is 0 Å². The summed E-state index contributed by atoms with van der Waals surface area (Å²) >= 11 is 1.30. The van der Waals surface area contributed by atoms with Gasteiger partial charge in [0.15, 0.2) is 11.5 Å². The Bertz CT molecular complexity index is 758. The Morgan fingerprint density at radius 1 is 1.30 bits per heavy atom. The lowest BCUT2D eigenvalue weighted by Gasteiger charge is -2.18. The number of hydrogen-bond acceptors (Lipinski definition) is 6. The third kappa shape index (κ3) is 3.26. The number of nitrogens with zero attached hydrogens (tertiary/aromatic N) is 1. The lowest BCUT2D eigenvalue weighted by Crippen LogP contribution is -2.38. The molecule has 0 fully saturated rings. The van der Waals surface area contributed by atoms with E-state index in [2.05, 4.69) is 10.3 Å². The molecule has 0 spiro atoms. The zero-order valence-electron chi connectivity index (χ0n) is 12.2. The van der Waals surface area contributed by atoms with Gasteiger partial charge in [0.25, 0.3) is 5.91 Å². The minimum absolute atomic E-state index is 0.188. The molecule has 0 saturated carbocycles. The SMILES string of the molecule is CC(NC(=O)c1csc(-c2ccc3c(c2)OCCO3)n1)C(=O)O. The lowest BCUT2D eigenvalue weighted by atomic mass is 10.2. The van der Waals surface area contributed by atoms with E-state index < -0.39 is 17.9 Å². The van der Waals surface area contributed by atoms with Crippen molar-refractivity contribution in [1.29, 1.82) is 0 Å². The second-order valence-corrected chi connectivity index (χ2v) is 5.79. The van der Waals surface area contributed by atoms with Crippen LogP contribution >= 0.6 is 11.3 Å².